The highest BCUT2D eigenvalue weighted by Gasteiger charge is 2.31. The van der Waals surface area contributed by atoms with Gasteiger partial charge in [-0.3, -0.25) is 0 Å². The zero-order valence-electron chi connectivity index (χ0n) is 18.5. The third-order valence-electron chi connectivity index (χ3n) is 6.87. The van der Waals surface area contributed by atoms with Gasteiger partial charge in [-0.25, -0.2) is 4.99 Å². The van der Waals surface area contributed by atoms with Crippen molar-refractivity contribution in [3.8, 4) is 0 Å². The molecule has 0 bridgehead atoms. The Labute approximate surface area is 181 Å². The van der Waals surface area contributed by atoms with Crippen molar-refractivity contribution in [1.82, 2.24) is 15.5 Å². The van der Waals surface area contributed by atoms with Crippen LogP contribution in [0.2, 0.25) is 0 Å². The van der Waals surface area contributed by atoms with Gasteiger partial charge in [0.05, 0.1) is 6.54 Å². The van der Waals surface area contributed by atoms with Crippen LogP contribution in [0.15, 0.2) is 29.3 Å². The second-order valence-corrected chi connectivity index (χ2v) is 9.16. The summed E-state index contributed by atoms with van der Waals surface area (Å²) in [5, 5.41) is 16.4. The van der Waals surface area contributed by atoms with Crippen LogP contribution in [0, 0.1) is 5.92 Å². The topological polar surface area (TPSA) is 63.1 Å². The van der Waals surface area contributed by atoms with Gasteiger partial charge in [0.15, 0.2) is 5.96 Å². The number of aliphatic hydroxyl groups is 1. The average Bonchev–Trinajstić information content (AvgIpc) is 3.64. The van der Waals surface area contributed by atoms with Gasteiger partial charge in [-0.15, -0.1) is 0 Å². The molecule has 0 unspecified atom stereocenters. The van der Waals surface area contributed by atoms with Gasteiger partial charge >= 0.3 is 0 Å². The Hall–Kier alpha value is -1.79. The number of anilines is 1. The highest BCUT2D eigenvalue weighted by atomic mass is 16.3. The lowest BCUT2D eigenvalue weighted by molar-refractivity contribution is 0.197. The minimum atomic E-state index is 0.326. The van der Waals surface area contributed by atoms with Crippen LogP contribution in [0.25, 0.3) is 0 Å². The summed E-state index contributed by atoms with van der Waals surface area (Å²) in [4.78, 5) is 9.94. The summed E-state index contributed by atoms with van der Waals surface area (Å²) in [7, 11) is 0. The molecule has 4 rings (SSSR count). The van der Waals surface area contributed by atoms with Crippen molar-refractivity contribution in [2.45, 2.75) is 64.1 Å². The Morgan fingerprint density at radius 1 is 1.00 bits per heavy atom. The molecule has 166 valence electrons. The molecule has 0 spiro atoms. The first kappa shape index (κ1) is 21.4. The number of hydrogen-bond acceptors (Lipinski definition) is 4. The molecule has 0 atom stereocenters. The summed E-state index contributed by atoms with van der Waals surface area (Å²) in [5.41, 5.74) is 2.52. The largest absolute Gasteiger partial charge is 0.396 e. The van der Waals surface area contributed by atoms with E-state index in [9.17, 15) is 5.11 Å². The van der Waals surface area contributed by atoms with E-state index in [0.29, 0.717) is 25.1 Å². The lowest BCUT2D eigenvalue weighted by Gasteiger charge is -2.33. The molecule has 3 N–H and O–H groups in total. The molecule has 6 heteroatoms. The van der Waals surface area contributed by atoms with Crippen LogP contribution in [-0.2, 0) is 6.54 Å². The normalized spacial score (nSPS) is 22.3. The lowest BCUT2D eigenvalue weighted by Crippen LogP contribution is -2.49. The number of nitrogens with zero attached hydrogens (tertiary/aromatic N) is 3. The Morgan fingerprint density at radius 2 is 1.70 bits per heavy atom. The zero-order valence-corrected chi connectivity index (χ0v) is 18.5. The number of piperidine rings is 2. The molecular weight excluding hydrogens is 374 g/mol. The van der Waals surface area contributed by atoms with E-state index in [4.69, 9.17) is 4.99 Å². The molecule has 2 heterocycles. The highest BCUT2D eigenvalue weighted by Crippen LogP contribution is 2.29. The Morgan fingerprint density at radius 3 is 2.30 bits per heavy atom. The summed E-state index contributed by atoms with van der Waals surface area (Å²) < 4.78 is 0. The highest BCUT2D eigenvalue weighted by molar-refractivity contribution is 5.80. The number of rotatable bonds is 7. The molecule has 1 aromatic carbocycles. The molecule has 0 aromatic heterocycles. The smallest absolute Gasteiger partial charge is 0.191 e. The standard InChI is InChI=1S/C24H39N5O/c1-2-25-24(27-21-11-15-29(16-12-21)23-7-8-23)26-17-19-3-5-22(6-4-19)28-13-9-20(18-30)10-14-28/h3-6,20-21,23,30H,2,7-18H2,1H3,(H2,25,26,27). The van der Waals surface area contributed by atoms with Gasteiger partial charge in [0.1, 0.15) is 0 Å². The second-order valence-electron chi connectivity index (χ2n) is 9.16. The second kappa shape index (κ2) is 10.5. The summed E-state index contributed by atoms with van der Waals surface area (Å²) in [5.74, 6) is 1.42. The van der Waals surface area contributed by atoms with Gasteiger partial charge in [-0.05, 0) is 69.1 Å². The van der Waals surface area contributed by atoms with E-state index in [1.54, 1.807) is 0 Å². The number of aliphatic hydroxyl groups excluding tert-OH is 1. The van der Waals surface area contributed by atoms with Crippen molar-refractivity contribution in [2.75, 3.05) is 44.2 Å². The van der Waals surface area contributed by atoms with Gasteiger partial charge in [-0.1, -0.05) is 12.1 Å². The molecule has 2 saturated heterocycles. The van der Waals surface area contributed by atoms with E-state index < -0.39 is 0 Å². The van der Waals surface area contributed by atoms with Gasteiger partial charge in [0, 0.05) is 57.1 Å². The molecule has 1 aliphatic carbocycles. The third-order valence-corrected chi connectivity index (χ3v) is 6.87. The molecule has 3 fully saturated rings. The van der Waals surface area contributed by atoms with Crippen LogP contribution in [0.5, 0.6) is 0 Å². The first-order valence-corrected chi connectivity index (χ1v) is 12.0. The van der Waals surface area contributed by atoms with E-state index in [1.807, 2.05) is 0 Å². The molecule has 0 amide bonds. The third kappa shape index (κ3) is 5.88. The molecule has 30 heavy (non-hydrogen) atoms. The number of likely N-dealkylation sites (tertiary alicyclic amines) is 1. The zero-order chi connectivity index (χ0) is 20.8. The molecule has 1 saturated carbocycles. The fraction of sp³-hybridized carbons (Fsp3) is 0.708. The van der Waals surface area contributed by atoms with Gasteiger partial charge in [0.25, 0.3) is 0 Å². The molecule has 6 nitrogen and oxygen atoms in total. The molecule has 3 aliphatic rings. The Bertz CT molecular complexity index is 671. The van der Waals surface area contributed by atoms with Crippen LogP contribution >= 0.6 is 0 Å². The molecule has 0 radical (unpaired) electrons. The van der Waals surface area contributed by atoms with E-state index in [0.717, 1.165) is 44.5 Å². The number of nitrogens with one attached hydrogen (secondary N) is 2. The SMILES string of the molecule is CCNC(=NCc1ccc(N2CCC(CO)CC2)cc1)NC1CCN(C2CC2)CC1. The maximum atomic E-state index is 9.32. The minimum absolute atomic E-state index is 0.326. The van der Waals surface area contributed by atoms with Crippen LogP contribution in [0.1, 0.15) is 51.0 Å². The number of guanidine groups is 1. The van der Waals surface area contributed by atoms with Gasteiger partial charge in [-0.2, -0.15) is 0 Å². The Kier molecular flexibility index (Phi) is 7.50. The maximum Gasteiger partial charge on any atom is 0.191 e. The fourth-order valence-electron chi connectivity index (χ4n) is 4.72. The van der Waals surface area contributed by atoms with Crippen molar-refractivity contribution in [3.05, 3.63) is 29.8 Å². The number of hydrogen-bond donors (Lipinski definition) is 3. The molecular formula is C24H39N5O. The summed E-state index contributed by atoms with van der Waals surface area (Å²) in [6, 6.07) is 10.3. The van der Waals surface area contributed by atoms with Gasteiger partial charge in [0.2, 0.25) is 0 Å². The van der Waals surface area contributed by atoms with Crippen molar-refractivity contribution in [3.63, 3.8) is 0 Å². The lowest BCUT2D eigenvalue weighted by atomic mass is 9.97. The maximum absolute atomic E-state index is 9.32. The first-order valence-electron chi connectivity index (χ1n) is 12.0. The van der Waals surface area contributed by atoms with Crippen LogP contribution in [0.3, 0.4) is 0 Å². The van der Waals surface area contributed by atoms with Crippen molar-refractivity contribution in [1.29, 1.82) is 0 Å². The number of benzene rings is 1. The number of aliphatic imine (C=N–C) groups is 1. The average molecular weight is 414 g/mol. The van der Waals surface area contributed by atoms with Crippen LogP contribution < -0.4 is 15.5 Å². The minimum Gasteiger partial charge on any atom is -0.396 e. The molecule has 2 aliphatic heterocycles. The predicted octanol–water partition coefficient (Wildman–Crippen LogP) is 2.58. The summed E-state index contributed by atoms with van der Waals surface area (Å²) >= 11 is 0. The first-order chi connectivity index (χ1) is 14.7. The van der Waals surface area contributed by atoms with Gasteiger partial charge < -0.3 is 25.5 Å². The monoisotopic (exact) mass is 413 g/mol. The molecule has 1 aromatic rings. The quantitative estimate of drug-likeness (QED) is 0.474. The predicted molar refractivity (Wildman–Crippen MR) is 124 cm³/mol. The van der Waals surface area contributed by atoms with Crippen molar-refractivity contribution in [2.24, 2.45) is 10.9 Å². The Balaban J connectivity index is 1.27. The van der Waals surface area contributed by atoms with Crippen molar-refractivity contribution >= 4 is 11.6 Å². The van der Waals surface area contributed by atoms with Crippen molar-refractivity contribution < 1.29 is 5.11 Å². The fourth-order valence-corrected chi connectivity index (χ4v) is 4.72. The van der Waals surface area contributed by atoms with E-state index in [2.05, 4.69) is 51.6 Å². The van der Waals surface area contributed by atoms with Crippen LogP contribution in [-0.4, -0.2) is 67.4 Å². The van der Waals surface area contributed by atoms with Crippen LogP contribution in [0.4, 0.5) is 5.69 Å². The van der Waals surface area contributed by atoms with E-state index in [1.165, 1.54) is 50.0 Å². The summed E-state index contributed by atoms with van der Waals surface area (Å²) in [6.45, 7) is 8.55. The van der Waals surface area contributed by atoms with E-state index in [-0.39, 0.29) is 0 Å². The van der Waals surface area contributed by atoms with E-state index >= 15 is 0 Å². The summed E-state index contributed by atoms with van der Waals surface area (Å²) in [6.07, 6.45) is 7.40.